The second-order valence-corrected chi connectivity index (χ2v) is 7.68. The van der Waals surface area contributed by atoms with Crippen LogP contribution in [0.3, 0.4) is 0 Å². The number of sulfonamides is 1. The van der Waals surface area contributed by atoms with Crippen LogP contribution in [-0.4, -0.2) is 51.2 Å². The molecule has 0 amide bonds. The third kappa shape index (κ3) is 3.06. The largest absolute Gasteiger partial charge is 0.490 e. The van der Waals surface area contributed by atoms with Crippen LogP contribution < -0.4 is 9.47 Å². The Morgan fingerprint density at radius 3 is 2.36 bits per heavy atom. The molecule has 6 nitrogen and oxygen atoms in total. The maximum Gasteiger partial charge on any atom is 0.243 e. The van der Waals surface area contributed by atoms with Gasteiger partial charge in [-0.2, -0.15) is 4.31 Å². The Kier molecular flexibility index (Phi) is 4.29. The van der Waals surface area contributed by atoms with E-state index in [9.17, 15) is 8.42 Å². The number of hydrogen-bond acceptors (Lipinski definition) is 5. The van der Waals surface area contributed by atoms with Crippen molar-refractivity contribution in [2.45, 2.75) is 37.4 Å². The van der Waals surface area contributed by atoms with Crippen molar-refractivity contribution in [3.8, 4) is 11.5 Å². The molecule has 0 aromatic heterocycles. The molecule has 22 heavy (non-hydrogen) atoms. The first kappa shape index (κ1) is 15.6. The first-order valence-electron chi connectivity index (χ1n) is 7.52. The van der Waals surface area contributed by atoms with E-state index < -0.39 is 10.0 Å². The number of ether oxygens (including phenoxy) is 3. The monoisotopic (exact) mass is 327 g/mol. The summed E-state index contributed by atoms with van der Waals surface area (Å²) in [6.07, 6.45) is 0.563. The summed E-state index contributed by atoms with van der Waals surface area (Å²) in [6, 6.07) is 4.80. The van der Waals surface area contributed by atoms with Crippen LogP contribution in [0.5, 0.6) is 11.5 Å². The Balaban J connectivity index is 1.90. The molecule has 0 unspecified atom stereocenters. The molecule has 2 aliphatic rings. The molecule has 1 saturated heterocycles. The molecule has 0 saturated carbocycles. The fourth-order valence-electron chi connectivity index (χ4n) is 2.78. The van der Waals surface area contributed by atoms with Gasteiger partial charge < -0.3 is 14.2 Å². The number of hydrogen-bond donors (Lipinski definition) is 0. The Hall–Kier alpha value is -1.31. The summed E-state index contributed by atoms with van der Waals surface area (Å²) in [7, 11) is -3.56. The summed E-state index contributed by atoms with van der Waals surface area (Å²) in [5.41, 5.74) is 0. The number of fused-ring (bicyclic) bond motifs is 1. The normalized spacial score (nSPS) is 26.5. The molecule has 2 aliphatic heterocycles. The SMILES string of the molecule is C[C@@H]1CN(S(=O)(=O)c2ccc3c(c2)OCCCO3)C[C@@H](C)O1. The van der Waals surface area contributed by atoms with Gasteiger partial charge in [0, 0.05) is 25.6 Å². The summed E-state index contributed by atoms with van der Waals surface area (Å²) in [5.74, 6) is 1.09. The van der Waals surface area contributed by atoms with Gasteiger partial charge in [0.15, 0.2) is 11.5 Å². The van der Waals surface area contributed by atoms with Crippen LogP contribution in [0, 0.1) is 0 Å². The van der Waals surface area contributed by atoms with Crippen molar-refractivity contribution >= 4 is 10.0 Å². The molecule has 2 atom stereocenters. The molecule has 1 aromatic carbocycles. The maximum atomic E-state index is 12.8. The number of morpholine rings is 1. The van der Waals surface area contributed by atoms with Crippen LogP contribution in [-0.2, 0) is 14.8 Å². The summed E-state index contributed by atoms with van der Waals surface area (Å²) in [6.45, 7) is 5.60. The van der Waals surface area contributed by atoms with Gasteiger partial charge in [-0.1, -0.05) is 0 Å². The summed E-state index contributed by atoms with van der Waals surface area (Å²) in [5, 5.41) is 0. The third-order valence-electron chi connectivity index (χ3n) is 3.74. The van der Waals surface area contributed by atoms with Gasteiger partial charge in [-0.05, 0) is 26.0 Å². The summed E-state index contributed by atoms with van der Waals surface area (Å²) in [4.78, 5) is 0.234. The highest BCUT2D eigenvalue weighted by atomic mass is 32.2. The molecule has 122 valence electrons. The lowest BCUT2D eigenvalue weighted by Crippen LogP contribution is -2.48. The van der Waals surface area contributed by atoms with Crippen LogP contribution >= 0.6 is 0 Å². The highest BCUT2D eigenvalue weighted by Gasteiger charge is 2.32. The molecule has 7 heteroatoms. The second-order valence-electron chi connectivity index (χ2n) is 5.74. The van der Waals surface area contributed by atoms with Crippen molar-refractivity contribution in [1.82, 2.24) is 4.31 Å². The maximum absolute atomic E-state index is 12.8. The summed E-state index contributed by atoms with van der Waals surface area (Å²) < 4.78 is 43.9. The van der Waals surface area contributed by atoms with Crippen LogP contribution in [0.2, 0.25) is 0 Å². The van der Waals surface area contributed by atoms with Crippen molar-refractivity contribution in [1.29, 1.82) is 0 Å². The average Bonchev–Trinajstić information content (AvgIpc) is 2.70. The van der Waals surface area contributed by atoms with Crippen molar-refractivity contribution in [2.75, 3.05) is 26.3 Å². The van der Waals surface area contributed by atoms with Crippen LogP contribution in [0.15, 0.2) is 23.1 Å². The van der Waals surface area contributed by atoms with Gasteiger partial charge in [-0.25, -0.2) is 8.42 Å². The molecule has 0 bridgehead atoms. The third-order valence-corrected chi connectivity index (χ3v) is 5.57. The molecule has 2 heterocycles. The Morgan fingerprint density at radius 1 is 1.05 bits per heavy atom. The van der Waals surface area contributed by atoms with Crippen LogP contribution in [0.1, 0.15) is 20.3 Å². The zero-order chi connectivity index (χ0) is 15.7. The van der Waals surface area contributed by atoms with E-state index in [1.807, 2.05) is 13.8 Å². The van der Waals surface area contributed by atoms with Gasteiger partial charge in [0.25, 0.3) is 0 Å². The van der Waals surface area contributed by atoms with Gasteiger partial charge in [0.1, 0.15) is 0 Å². The van der Waals surface area contributed by atoms with Gasteiger partial charge in [0.2, 0.25) is 10.0 Å². The van der Waals surface area contributed by atoms with E-state index in [1.165, 1.54) is 4.31 Å². The Morgan fingerprint density at radius 2 is 1.68 bits per heavy atom. The molecule has 0 aliphatic carbocycles. The van der Waals surface area contributed by atoms with Crippen molar-refractivity contribution < 1.29 is 22.6 Å². The zero-order valence-corrected chi connectivity index (χ0v) is 13.6. The minimum Gasteiger partial charge on any atom is -0.490 e. The molecular formula is C15H21NO5S. The van der Waals surface area contributed by atoms with Gasteiger partial charge in [0.05, 0.1) is 30.3 Å². The van der Waals surface area contributed by atoms with E-state index in [1.54, 1.807) is 18.2 Å². The quantitative estimate of drug-likeness (QED) is 0.826. The minimum absolute atomic E-state index is 0.112. The molecular weight excluding hydrogens is 306 g/mol. The first-order chi connectivity index (χ1) is 10.5. The van der Waals surface area contributed by atoms with E-state index in [-0.39, 0.29) is 17.1 Å². The average molecular weight is 327 g/mol. The van der Waals surface area contributed by atoms with Crippen molar-refractivity contribution in [3.63, 3.8) is 0 Å². The molecule has 1 fully saturated rings. The highest BCUT2D eigenvalue weighted by Crippen LogP contribution is 2.33. The van der Waals surface area contributed by atoms with Crippen molar-refractivity contribution in [3.05, 3.63) is 18.2 Å². The van der Waals surface area contributed by atoms with E-state index in [0.717, 1.165) is 6.42 Å². The molecule has 0 radical (unpaired) electrons. The number of benzene rings is 1. The van der Waals surface area contributed by atoms with Gasteiger partial charge >= 0.3 is 0 Å². The highest BCUT2D eigenvalue weighted by molar-refractivity contribution is 7.89. The van der Waals surface area contributed by atoms with E-state index >= 15 is 0 Å². The molecule has 3 rings (SSSR count). The Labute approximate surface area is 131 Å². The standard InChI is InChI=1S/C15H21NO5S/c1-11-9-16(10-12(2)21-11)22(17,18)13-4-5-14-15(8-13)20-7-3-6-19-14/h4-5,8,11-12H,3,6-7,9-10H2,1-2H3/t11-,12-/m1/s1. The smallest absolute Gasteiger partial charge is 0.243 e. The molecule has 1 aromatic rings. The fraction of sp³-hybridized carbons (Fsp3) is 0.600. The van der Waals surface area contributed by atoms with Gasteiger partial charge in [-0.15, -0.1) is 0 Å². The van der Waals surface area contributed by atoms with E-state index in [4.69, 9.17) is 14.2 Å². The molecule has 0 N–H and O–H groups in total. The minimum atomic E-state index is -3.56. The van der Waals surface area contributed by atoms with Crippen molar-refractivity contribution in [2.24, 2.45) is 0 Å². The van der Waals surface area contributed by atoms with E-state index in [0.29, 0.717) is 37.8 Å². The van der Waals surface area contributed by atoms with Crippen LogP contribution in [0.25, 0.3) is 0 Å². The Bertz CT molecular complexity index is 635. The first-order valence-corrected chi connectivity index (χ1v) is 8.96. The zero-order valence-electron chi connectivity index (χ0n) is 12.8. The van der Waals surface area contributed by atoms with Crippen LogP contribution in [0.4, 0.5) is 0 Å². The lowest BCUT2D eigenvalue weighted by Gasteiger charge is -2.34. The molecule has 0 spiro atoms. The van der Waals surface area contributed by atoms with Gasteiger partial charge in [-0.3, -0.25) is 0 Å². The number of rotatable bonds is 2. The lowest BCUT2D eigenvalue weighted by molar-refractivity contribution is -0.0440. The number of nitrogens with zero attached hydrogens (tertiary/aromatic N) is 1. The predicted octanol–water partition coefficient (Wildman–Crippen LogP) is 1.65. The lowest BCUT2D eigenvalue weighted by atomic mass is 10.3. The fourth-order valence-corrected chi connectivity index (χ4v) is 4.39. The summed E-state index contributed by atoms with van der Waals surface area (Å²) >= 11 is 0. The predicted molar refractivity (Wildman–Crippen MR) is 80.8 cm³/mol. The topological polar surface area (TPSA) is 65.1 Å². The second kappa shape index (κ2) is 6.06. The van der Waals surface area contributed by atoms with E-state index in [2.05, 4.69) is 0 Å².